The minimum Gasteiger partial charge on any atom is -0.383 e. The van der Waals surface area contributed by atoms with Crippen molar-refractivity contribution in [2.24, 2.45) is 5.92 Å². The molecule has 0 radical (unpaired) electrons. The quantitative estimate of drug-likeness (QED) is 0.768. The maximum absolute atomic E-state index is 13.9. The maximum atomic E-state index is 13.9. The number of halogens is 1. The third kappa shape index (κ3) is 4.72. The SMILES string of the molecule is COCCN(Cc1ccccc1F)C(=O)NC[C@@H]1CC(=O)N(C2CC2)C1. The number of ether oxygens (including phenoxy) is 1. The molecule has 3 rings (SSSR count). The number of carbonyl (C=O) groups is 2. The van der Waals surface area contributed by atoms with Crippen molar-refractivity contribution in [2.75, 3.05) is 33.4 Å². The highest BCUT2D eigenvalue weighted by Gasteiger charge is 2.39. The zero-order valence-corrected chi connectivity index (χ0v) is 15.1. The second-order valence-electron chi connectivity index (χ2n) is 7.04. The maximum Gasteiger partial charge on any atom is 0.317 e. The number of benzene rings is 1. The van der Waals surface area contributed by atoms with Crippen LogP contribution in [0.4, 0.5) is 9.18 Å². The highest BCUT2D eigenvalue weighted by atomic mass is 19.1. The van der Waals surface area contributed by atoms with Gasteiger partial charge in [-0.05, 0) is 18.9 Å². The lowest BCUT2D eigenvalue weighted by molar-refractivity contribution is -0.128. The zero-order valence-electron chi connectivity index (χ0n) is 15.1. The minimum atomic E-state index is -0.329. The Hall–Kier alpha value is -2.15. The molecule has 7 heteroatoms. The number of nitrogens with one attached hydrogen (secondary N) is 1. The molecule has 0 bridgehead atoms. The average Bonchev–Trinajstić information content (AvgIpc) is 3.40. The van der Waals surface area contributed by atoms with Crippen LogP contribution in [-0.4, -0.2) is 61.1 Å². The third-order valence-electron chi connectivity index (χ3n) is 4.94. The molecule has 2 aliphatic rings. The van der Waals surface area contributed by atoms with E-state index in [1.165, 1.54) is 11.0 Å². The molecule has 1 saturated heterocycles. The summed E-state index contributed by atoms with van der Waals surface area (Å²) in [6, 6.07) is 6.59. The molecule has 26 heavy (non-hydrogen) atoms. The summed E-state index contributed by atoms with van der Waals surface area (Å²) in [5.41, 5.74) is 0.467. The van der Waals surface area contributed by atoms with Crippen LogP contribution < -0.4 is 5.32 Å². The lowest BCUT2D eigenvalue weighted by Gasteiger charge is -2.24. The fourth-order valence-corrected chi connectivity index (χ4v) is 3.31. The van der Waals surface area contributed by atoms with Crippen LogP contribution in [0.3, 0.4) is 0 Å². The Labute approximate surface area is 153 Å². The minimum absolute atomic E-state index is 0.143. The van der Waals surface area contributed by atoms with Crippen LogP contribution in [0.15, 0.2) is 24.3 Å². The summed E-state index contributed by atoms with van der Waals surface area (Å²) >= 11 is 0. The van der Waals surface area contributed by atoms with Gasteiger partial charge in [-0.1, -0.05) is 18.2 Å². The number of carbonyl (C=O) groups excluding carboxylic acids is 2. The largest absolute Gasteiger partial charge is 0.383 e. The van der Waals surface area contributed by atoms with E-state index in [4.69, 9.17) is 4.74 Å². The van der Waals surface area contributed by atoms with Crippen LogP contribution in [0.5, 0.6) is 0 Å². The number of likely N-dealkylation sites (tertiary alicyclic amines) is 1. The molecular formula is C19H26FN3O3. The van der Waals surface area contributed by atoms with Crippen molar-refractivity contribution in [1.82, 2.24) is 15.1 Å². The van der Waals surface area contributed by atoms with E-state index in [2.05, 4.69) is 5.32 Å². The van der Waals surface area contributed by atoms with Gasteiger partial charge in [-0.15, -0.1) is 0 Å². The number of hydrogen-bond donors (Lipinski definition) is 1. The van der Waals surface area contributed by atoms with Gasteiger partial charge in [0.15, 0.2) is 0 Å². The van der Waals surface area contributed by atoms with E-state index in [0.717, 1.165) is 19.4 Å². The predicted molar refractivity (Wildman–Crippen MR) is 94.9 cm³/mol. The van der Waals surface area contributed by atoms with Crippen molar-refractivity contribution in [1.29, 1.82) is 0 Å². The van der Waals surface area contributed by atoms with Crippen molar-refractivity contribution >= 4 is 11.9 Å². The second-order valence-corrected chi connectivity index (χ2v) is 7.04. The zero-order chi connectivity index (χ0) is 18.5. The Morgan fingerprint density at radius 1 is 1.38 bits per heavy atom. The van der Waals surface area contributed by atoms with Gasteiger partial charge in [0, 0.05) is 50.7 Å². The van der Waals surface area contributed by atoms with Crippen LogP contribution in [-0.2, 0) is 16.1 Å². The van der Waals surface area contributed by atoms with Gasteiger partial charge < -0.3 is 19.9 Å². The number of hydrogen-bond acceptors (Lipinski definition) is 3. The molecule has 1 N–H and O–H groups in total. The van der Waals surface area contributed by atoms with Crippen LogP contribution in [0.25, 0.3) is 0 Å². The van der Waals surface area contributed by atoms with Gasteiger partial charge in [-0.2, -0.15) is 0 Å². The van der Waals surface area contributed by atoms with Gasteiger partial charge in [0.2, 0.25) is 5.91 Å². The monoisotopic (exact) mass is 363 g/mol. The topological polar surface area (TPSA) is 61.9 Å². The molecule has 1 aliphatic heterocycles. The van der Waals surface area contributed by atoms with Crippen molar-refractivity contribution < 1.29 is 18.7 Å². The van der Waals surface area contributed by atoms with Gasteiger partial charge in [-0.3, -0.25) is 4.79 Å². The molecule has 1 atom stereocenters. The Balaban J connectivity index is 1.53. The molecule has 1 heterocycles. The van der Waals surface area contributed by atoms with Crippen LogP contribution >= 0.6 is 0 Å². The van der Waals surface area contributed by atoms with Crippen LogP contribution in [0.2, 0.25) is 0 Å². The Morgan fingerprint density at radius 3 is 2.85 bits per heavy atom. The number of nitrogens with zero attached hydrogens (tertiary/aromatic N) is 2. The average molecular weight is 363 g/mol. The van der Waals surface area contributed by atoms with Crippen molar-refractivity contribution in [3.8, 4) is 0 Å². The van der Waals surface area contributed by atoms with Crippen LogP contribution in [0, 0.1) is 11.7 Å². The first kappa shape index (κ1) is 18.6. The lowest BCUT2D eigenvalue weighted by Crippen LogP contribution is -2.43. The molecule has 1 aromatic rings. The molecule has 6 nitrogen and oxygen atoms in total. The number of amides is 3. The molecule has 1 aromatic carbocycles. The van der Waals surface area contributed by atoms with E-state index >= 15 is 0 Å². The van der Waals surface area contributed by atoms with E-state index in [9.17, 15) is 14.0 Å². The first-order valence-electron chi connectivity index (χ1n) is 9.13. The Morgan fingerprint density at radius 2 is 2.15 bits per heavy atom. The smallest absolute Gasteiger partial charge is 0.317 e. The van der Waals surface area contributed by atoms with E-state index < -0.39 is 0 Å². The number of urea groups is 1. The van der Waals surface area contributed by atoms with Gasteiger partial charge in [0.25, 0.3) is 0 Å². The second kappa shape index (κ2) is 8.49. The molecule has 1 aliphatic carbocycles. The van der Waals surface area contributed by atoms with Gasteiger partial charge >= 0.3 is 6.03 Å². The molecule has 1 saturated carbocycles. The summed E-state index contributed by atoms with van der Waals surface area (Å²) in [6.07, 6.45) is 2.68. The summed E-state index contributed by atoms with van der Waals surface area (Å²) < 4.78 is 19.0. The van der Waals surface area contributed by atoms with E-state index in [-0.39, 0.29) is 30.2 Å². The van der Waals surface area contributed by atoms with E-state index in [0.29, 0.717) is 37.7 Å². The summed E-state index contributed by atoms with van der Waals surface area (Å²) in [5, 5.41) is 2.90. The molecule has 2 fully saturated rings. The molecule has 0 unspecified atom stereocenters. The van der Waals surface area contributed by atoms with Crippen molar-refractivity contribution in [3.05, 3.63) is 35.6 Å². The molecule has 0 spiro atoms. The normalized spacial score (nSPS) is 19.7. The molecule has 3 amide bonds. The van der Waals surface area contributed by atoms with Crippen molar-refractivity contribution in [2.45, 2.75) is 31.8 Å². The fraction of sp³-hybridized carbons (Fsp3) is 0.579. The van der Waals surface area contributed by atoms with E-state index in [1.807, 2.05) is 4.90 Å². The predicted octanol–water partition coefficient (Wildman–Crippen LogP) is 1.99. The number of methoxy groups -OCH3 is 1. The van der Waals surface area contributed by atoms with Gasteiger partial charge in [0.1, 0.15) is 5.82 Å². The first-order valence-corrected chi connectivity index (χ1v) is 9.13. The van der Waals surface area contributed by atoms with E-state index in [1.54, 1.807) is 25.3 Å². The highest BCUT2D eigenvalue weighted by molar-refractivity contribution is 5.79. The summed E-state index contributed by atoms with van der Waals surface area (Å²) in [6.45, 7) is 2.09. The Kier molecular flexibility index (Phi) is 6.08. The lowest BCUT2D eigenvalue weighted by atomic mass is 10.1. The third-order valence-corrected chi connectivity index (χ3v) is 4.94. The Bertz CT molecular complexity index is 651. The molecule has 0 aromatic heterocycles. The molecular weight excluding hydrogens is 337 g/mol. The van der Waals surface area contributed by atoms with Gasteiger partial charge in [0.05, 0.1) is 13.2 Å². The molecule has 142 valence electrons. The standard InChI is InChI=1S/C19H26FN3O3/c1-26-9-8-22(13-15-4-2-3-5-17(15)20)19(25)21-11-14-10-18(24)23(12-14)16-6-7-16/h2-5,14,16H,6-13H2,1H3,(H,21,25)/t14-/m0/s1. The summed E-state index contributed by atoms with van der Waals surface area (Å²) in [5.74, 6) is 0.00307. The van der Waals surface area contributed by atoms with Crippen molar-refractivity contribution in [3.63, 3.8) is 0 Å². The highest BCUT2D eigenvalue weighted by Crippen LogP contribution is 2.32. The summed E-state index contributed by atoms with van der Waals surface area (Å²) in [4.78, 5) is 28.1. The number of rotatable bonds is 8. The first-order chi connectivity index (χ1) is 12.6. The van der Waals surface area contributed by atoms with Gasteiger partial charge in [-0.25, -0.2) is 9.18 Å². The van der Waals surface area contributed by atoms with Crippen LogP contribution in [0.1, 0.15) is 24.8 Å². The fourth-order valence-electron chi connectivity index (χ4n) is 3.31. The summed E-state index contributed by atoms with van der Waals surface area (Å²) in [7, 11) is 1.57.